The van der Waals surface area contributed by atoms with Crippen molar-refractivity contribution in [2.45, 2.75) is 39.0 Å². The first-order valence-corrected chi connectivity index (χ1v) is 10.1. The number of anilines is 1. The van der Waals surface area contributed by atoms with Crippen LogP contribution in [0.5, 0.6) is 0 Å². The summed E-state index contributed by atoms with van der Waals surface area (Å²) in [4.78, 5) is 28.8. The number of nitrogens with one attached hydrogen (secondary N) is 1. The lowest BCUT2D eigenvalue weighted by Gasteiger charge is -2.18. The van der Waals surface area contributed by atoms with Gasteiger partial charge in [-0.3, -0.25) is 9.88 Å². The fraction of sp³-hybridized carbons (Fsp3) is 0.348. The number of carbonyl (C=O) groups is 2. The zero-order valence-corrected chi connectivity index (χ0v) is 17.4. The predicted molar refractivity (Wildman–Crippen MR) is 117 cm³/mol. The van der Waals surface area contributed by atoms with Crippen LogP contribution in [-0.2, 0) is 4.79 Å². The van der Waals surface area contributed by atoms with E-state index in [4.69, 9.17) is 5.11 Å². The van der Waals surface area contributed by atoms with Crippen LogP contribution in [0.3, 0.4) is 0 Å². The Bertz CT molecular complexity index is 882. The van der Waals surface area contributed by atoms with Gasteiger partial charge >= 0.3 is 12.0 Å². The normalized spacial score (nSPS) is 11.2. The van der Waals surface area contributed by atoms with Gasteiger partial charge in [-0.1, -0.05) is 56.9 Å². The molecule has 2 aromatic rings. The molecule has 7 heteroatoms. The lowest BCUT2D eigenvalue weighted by molar-refractivity contribution is -0.134. The second kappa shape index (κ2) is 11.7. The summed E-state index contributed by atoms with van der Waals surface area (Å²) in [5.74, 6) is -2.82. The van der Waals surface area contributed by atoms with Crippen LogP contribution < -0.4 is 10.2 Å². The average molecular weight is 413 g/mol. The van der Waals surface area contributed by atoms with Crippen LogP contribution in [0.25, 0.3) is 17.3 Å². The Hall–Kier alpha value is -3.22. The van der Waals surface area contributed by atoms with Crippen LogP contribution >= 0.6 is 0 Å². The number of carboxylic acid groups (broad SMARTS) is 1. The number of halogens is 1. The van der Waals surface area contributed by atoms with E-state index in [2.05, 4.69) is 17.2 Å². The molecule has 0 saturated heterocycles. The first-order chi connectivity index (χ1) is 14.4. The molecule has 30 heavy (non-hydrogen) atoms. The number of carboxylic acids is 1. The summed E-state index contributed by atoms with van der Waals surface area (Å²) < 4.78 is 13.2. The van der Waals surface area contributed by atoms with Crippen molar-refractivity contribution in [3.8, 4) is 11.3 Å². The molecule has 0 fully saturated rings. The molecule has 2 N–H and O–H groups in total. The highest BCUT2D eigenvalue weighted by atomic mass is 19.1. The minimum atomic E-state index is -1.60. The summed E-state index contributed by atoms with van der Waals surface area (Å²) >= 11 is 0. The number of benzene rings is 1. The van der Waals surface area contributed by atoms with Gasteiger partial charge in [0.15, 0.2) is 0 Å². The molecule has 0 aliphatic carbocycles. The fourth-order valence-corrected chi connectivity index (χ4v) is 2.90. The van der Waals surface area contributed by atoms with Gasteiger partial charge in [-0.15, -0.1) is 0 Å². The molecule has 0 aliphatic heterocycles. The number of unbranched alkanes of at least 4 members (excludes halogenated alkanes) is 4. The third-order valence-electron chi connectivity index (χ3n) is 4.70. The van der Waals surface area contributed by atoms with Gasteiger partial charge in [0.1, 0.15) is 0 Å². The number of hydrogen-bond donors (Lipinski definition) is 2. The molecule has 0 unspecified atom stereocenters. The second-order valence-electron chi connectivity index (χ2n) is 7.02. The van der Waals surface area contributed by atoms with E-state index in [-0.39, 0.29) is 6.03 Å². The van der Waals surface area contributed by atoms with Gasteiger partial charge in [0.2, 0.25) is 5.83 Å². The van der Waals surface area contributed by atoms with E-state index in [9.17, 15) is 14.0 Å². The molecular weight excluding hydrogens is 385 g/mol. The number of pyridine rings is 1. The van der Waals surface area contributed by atoms with Crippen LogP contribution in [0.2, 0.25) is 0 Å². The Labute approximate surface area is 176 Å². The standard InChI is InChI=1S/C23H28FN3O3/c1-3-4-5-6-7-13-26-23(30)27(2)19-12-14-25-21(16-19)18-10-8-17(9-11-18)15-20(24)22(28)29/h8-12,14-16H,3-7,13H2,1-2H3,(H,26,30)(H,28,29). The third kappa shape index (κ3) is 6.99. The largest absolute Gasteiger partial charge is 0.476 e. The van der Waals surface area contributed by atoms with Crippen LogP contribution in [0.15, 0.2) is 48.4 Å². The fourth-order valence-electron chi connectivity index (χ4n) is 2.90. The predicted octanol–water partition coefficient (Wildman–Crippen LogP) is 5.26. The van der Waals surface area contributed by atoms with Crippen LogP contribution in [0.4, 0.5) is 14.9 Å². The number of urea groups is 1. The smallest absolute Gasteiger partial charge is 0.364 e. The maximum Gasteiger partial charge on any atom is 0.364 e. The van der Waals surface area contributed by atoms with Crippen molar-refractivity contribution < 1.29 is 19.1 Å². The summed E-state index contributed by atoms with van der Waals surface area (Å²) in [5, 5.41) is 11.5. The molecule has 160 valence electrons. The molecule has 1 aromatic heterocycles. The monoisotopic (exact) mass is 413 g/mol. The Morgan fingerprint density at radius 3 is 2.50 bits per heavy atom. The van der Waals surface area contributed by atoms with Crippen molar-refractivity contribution in [3.05, 3.63) is 54.0 Å². The summed E-state index contributed by atoms with van der Waals surface area (Å²) in [7, 11) is 1.70. The molecule has 0 atom stereocenters. The third-order valence-corrected chi connectivity index (χ3v) is 4.70. The van der Waals surface area contributed by atoms with Gasteiger partial charge < -0.3 is 10.4 Å². The Morgan fingerprint density at radius 1 is 1.13 bits per heavy atom. The Balaban J connectivity index is 2.00. The molecule has 0 radical (unpaired) electrons. The molecular formula is C23H28FN3O3. The number of amides is 2. The number of nitrogens with zero attached hydrogens (tertiary/aromatic N) is 2. The topological polar surface area (TPSA) is 82.5 Å². The minimum Gasteiger partial charge on any atom is -0.476 e. The molecule has 0 bridgehead atoms. The SMILES string of the molecule is CCCCCCCNC(=O)N(C)c1ccnc(-c2ccc(C=C(F)C(=O)O)cc2)c1. The van der Waals surface area contributed by atoms with E-state index in [1.807, 2.05) is 0 Å². The lowest BCUT2D eigenvalue weighted by atomic mass is 10.1. The highest BCUT2D eigenvalue weighted by Gasteiger charge is 2.12. The number of carbonyl (C=O) groups excluding carboxylic acids is 1. The molecule has 0 aliphatic rings. The van der Waals surface area contributed by atoms with E-state index in [1.54, 1.807) is 49.6 Å². The average Bonchev–Trinajstić information content (AvgIpc) is 2.76. The summed E-state index contributed by atoms with van der Waals surface area (Å²) in [6, 6.07) is 10.1. The Kier molecular flexibility index (Phi) is 9.00. The number of aromatic nitrogens is 1. The van der Waals surface area contributed by atoms with Crippen LogP contribution in [-0.4, -0.2) is 35.7 Å². The molecule has 1 heterocycles. The number of aliphatic carboxylic acids is 1. The van der Waals surface area contributed by atoms with Gasteiger partial charge in [-0.25, -0.2) is 9.59 Å². The van der Waals surface area contributed by atoms with Crippen LogP contribution in [0.1, 0.15) is 44.6 Å². The van der Waals surface area contributed by atoms with Gasteiger partial charge in [0.05, 0.1) is 5.69 Å². The van der Waals surface area contributed by atoms with Crippen molar-refractivity contribution in [1.82, 2.24) is 10.3 Å². The highest BCUT2D eigenvalue weighted by molar-refractivity contribution is 5.92. The molecule has 2 rings (SSSR count). The van der Waals surface area contributed by atoms with E-state index in [1.165, 1.54) is 24.2 Å². The van der Waals surface area contributed by atoms with Crippen molar-refractivity contribution in [2.75, 3.05) is 18.5 Å². The second-order valence-corrected chi connectivity index (χ2v) is 7.02. The lowest BCUT2D eigenvalue weighted by Crippen LogP contribution is -2.37. The molecule has 6 nitrogen and oxygen atoms in total. The number of rotatable bonds is 10. The quantitative estimate of drug-likeness (QED) is 0.411. The van der Waals surface area contributed by atoms with Crippen molar-refractivity contribution in [3.63, 3.8) is 0 Å². The maximum atomic E-state index is 13.2. The first-order valence-electron chi connectivity index (χ1n) is 10.1. The van der Waals surface area contributed by atoms with Gasteiger partial charge in [-0.2, -0.15) is 4.39 Å². The zero-order chi connectivity index (χ0) is 21.9. The maximum absolute atomic E-state index is 13.2. The van der Waals surface area contributed by atoms with Gasteiger partial charge in [-0.05, 0) is 30.2 Å². The first kappa shape index (κ1) is 23.1. The van der Waals surface area contributed by atoms with E-state index < -0.39 is 11.8 Å². The van der Waals surface area contributed by atoms with E-state index in [0.717, 1.165) is 24.5 Å². The van der Waals surface area contributed by atoms with E-state index >= 15 is 0 Å². The van der Waals surface area contributed by atoms with Gasteiger partial charge in [0.25, 0.3) is 0 Å². The number of hydrogen-bond acceptors (Lipinski definition) is 3. The van der Waals surface area contributed by atoms with Gasteiger partial charge in [0, 0.05) is 31.0 Å². The Morgan fingerprint density at radius 2 is 1.83 bits per heavy atom. The molecule has 2 amide bonds. The molecule has 0 spiro atoms. The molecule has 0 saturated carbocycles. The summed E-state index contributed by atoms with van der Waals surface area (Å²) in [6.07, 6.45) is 8.25. The van der Waals surface area contributed by atoms with Crippen molar-refractivity contribution >= 4 is 23.8 Å². The van der Waals surface area contributed by atoms with Crippen LogP contribution in [0, 0.1) is 0 Å². The van der Waals surface area contributed by atoms with E-state index in [0.29, 0.717) is 23.5 Å². The van der Waals surface area contributed by atoms with Crippen molar-refractivity contribution in [2.24, 2.45) is 0 Å². The zero-order valence-electron chi connectivity index (χ0n) is 17.4. The summed E-state index contributed by atoms with van der Waals surface area (Å²) in [6.45, 7) is 2.82. The highest BCUT2D eigenvalue weighted by Crippen LogP contribution is 2.23. The summed E-state index contributed by atoms with van der Waals surface area (Å²) in [5.41, 5.74) is 2.56. The molecule has 1 aromatic carbocycles. The minimum absolute atomic E-state index is 0.174. The van der Waals surface area contributed by atoms with Crippen molar-refractivity contribution in [1.29, 1.82) is 0 Å².